The van der Waals surface area contributed by atoms with Crippen LogP contribution in [0.4, 0.5) is 0 Å². The maximum Gasteiger partial charge on any atom is 0.305 e. The summed E-state index contributed by atoms with van der Waals surface area (Å²) in [6.45, 7) is 4.40. The molecule has 0 aliphatic rings. The fraction of sp³-hybridized carbons (Fsp3) is 0.533. The molecule has 1 rings (SSSR count). The first-order valence-corrected chi connectivity index (χ1v) is 6.50. The van der Waals surface area contributed by atoms with Crippen molar-refractivity contribution in [1.29, 1.82) is 0 Å². The van der Waals surface area contributed by atoms with E-state index in [9.17, 15) is 4.79 Å². The van der Waals surface area contributed by atoms with Crippen LogP contribution in [0.25, 0.3) is 0 Å². The van der Waals surface area contributed by atoms with Crippen molar-refractivity contribution in [3.63, 3.8) is 0 Å². The maximum absolute atomic E-state index is 11.1. The van der Waals surface area contributed by atoms with Gasteiger partial charge >= 0.3 is 5.97 Å². The van der Waals surface area contributed by atoms with E-state index in [1.807, 2.05) is 0 Å². The van der Waals surface area contributed by atoms with Gasteiger partial charge in [-0.1, -0.05) is 38.1 Å². The molecule has 1 aromatic rings. The van der Waals surface area contributed by atoms with Crippen LogP contribution >= 0.6 is 0 Å². The Kier molecular flexibility index (Phi) is 5.86. The topological polar surface area (TPSA) is 52.3 Å². The molecule has 0 aliphatic heterocycles. The minimum Gasteiger partial charge on any atom is -0.469 e. The zero-order valence-electron chi connectivity index (χ0n) is 11.5. The quantitative estimate of drug-likeness (QED) is 0.788. The second-order valence-electron chi connectivity index (χ2n) is 4.70. The van der Waals surface area contributed by atoms with Crippen molar-refractivity contribution in [3.05, 3.63) is 35.4 Å². The van der Waals surface area contributed by atoms with Crippen molar-refractivity contribution in [2.24, 2.45) is 5.73 Å². The molecule has 0 aliphatic carbocycles. The van der Waals surface area contributed by atoms with Crippen molar-refractivity contribution in [3.8, 4) is 0 Å². The van der Waals surface area contributed by atoms with Crippen molar-refractivity contribution in [1.82, 2.24) is 0 Å². The molecule has 0 spiro atoms. The van der Waals surface area contributed by atoms with E-state index >= 15 is 0 Å². The highest BCUT2D eigenvalue weighted by molar-refractivity contribution is 5.69. The number of hydrogen-bond donors (Lipinski definition) is 1. The molecule has 0 amide bonds. The Morgan fingerprint density at radius 2 is 1.83 bits per heavy atom. The lowest BCUT2D eigenvalue weighted by Crippen LogP contribution is -2.13. The lowest BCUT2D eigenvalue weighted by atomic mass is 9.95. The number of carbonyl (C=O) groups is 1. The van der Waals surface area contributed by atoms with Crippen LogP contribution in [0.2, 0.25) is 0 Å². The van der Waals surface area contributed by atoms with E-state index in [0.29, 0.717) is 18.8 Å². The van der Waals surface area contributed by atoms with Gasteiger partial charge in [0.05, 0.1) is 7.11 Å². The number of benzene rings is 1. The number of hydrogen-bond acceptors (Lipinski definition) is 3. The molecule has 1 aromatic carbocycles. The molecule has 2 atom stereocenters. The van der Waals surface area contributed by atoms with Gasteiger partial charge in [-0.25, -0.2) is 0 Å². The highest BCUT2D eigenvalue weighted by Gasteiger charge is 2.10. The van der Waals surface area contributed by atoms with E-state index in [-0.39, 0.29) is 12.0 Å². The zero-order chi connectivity index (χ0) is 13.5. The Morgan fingerprint density at radius 1 is 1.28 bits per heavy atom. The van der Waals surface area contributed by atoms with Gasteiger partial charge < -0.3 is 10.5 Å². The molecule has 0 saturated heterocycles. The molecule has 0 bridgehead atoms. The molecular formula is C15H23NO2. The zero-order valence-corrected chi connectivity index (χ0v) is 11.5. The number of esters is 1. The van der Waals surface area contributed by atoms with Crippen LogP contribution in [0.1, 0.15) is 56.2 Å². The highest BCUT2D eigenvalue weighted by atomic mass is 16.5. The molecule has 2 unspecified atom stereocenters. The first-order valence-electron chi connectivity index (χ1n) is 6.50. The van der Waals surface area contributed by atoms with Gasteiger partial charge in [0, 0.05) is 12.5 Å². The summed E-state index contributed by atoms with van der Waals surface area (Å²) < 4.78 is 4.61. The fourth-order valence-corrected chi connectivity index (χ4v) is 1.85. The SMILES string of the molecule is CCC(C)c1ccc(C(N)CCC(=O)OC)cc1. The van der Waals surface area contributed by atoms with E-state index < -0.39 is 0 Å². The van der Waals surface area contributed by atoms with Crippen LogP contribution in [-0.2, 0) is 9.53 Å². The van der Waals surface area contributed by atoms with Gasteiger partial charge in [-0.15, -0.1) is 0 Å². The molecule has 0 aromatic heterocycles. The Labute approximate surface area is 109 Å². The maximum atomic E-state index is 11.1. The van der Waals surface area contributed by atoms with E-state index in [4.69, 9.17) is 5.73 Å². The molecule has 18 heavy (non-hydrogen) atoms. The second kappa shape index (κ2) is 7.17. The summed E-state index contributed by atoms with van der Waals surface area (Å²) in [6, 6.07) is 8.27. The molecule has 0 fully saturated rings. The van der Waals surface area contributed by atoms with Gasteiger partial charge in [-0.2, -0.15) is 0 Å². The van der Waals surface area contributed by atoms with Gasteiger partial charge in [0.15, 0.2) is 0 Å². The second-order valence-corrected chi connectivity index (χ2v) is 4.70. The number of ether oxygens (including phenoxy) is 1. The Bertz CT molecular complexity index is 373. The minimum absolute atomic E-state index is 0.102. The van der Waals surface area contributed by atoms with Gasteiger partial charge in [0.25, 0.3) is 0 Å². The van der Waals surface area contributed by atoms with Crippen molar-refractivity contribution in [2.45, 2.75) is 45.1 Å². The van der Waals surface area contributed by atoms with E-state index in [1.165, 1.54) is 12.7 Å². The predicted molar refractivity (Wildman–Crippen MR) is 73.3 cm³/mol. The Balaban J connectivity index is 2.58. The van der Waals surface area contributed by atoms with Crippen molar-refractivity contribution in [2.75, 3.05) is 7.11 Å². The Morgan fingerprint density at radius 3 is 2.33 bits per heavy atom. The summed E-state index contributed by atoms with van der Waals surface area (Å²) in [5.41, 5.74) is 8.46. The summed E-state index contributed by atoms with van der Waals surface area (Å²) in [5, 5.41) is 0. The largest absolute Gasteiger partial charge is 0.469 e. The molecular weight excluding hydrogens is 226 g/mol. The normalized spacial score (nSPS) is 14.0. The van der Waals surface area contributed by atoms with Crippen LogP contribution in [0.3, 0.4) is 0 Å². The van der Waals surface area contributed by atoms with Crippen LogP contribution < -0.4 is 5.73 Å². The third kappa shape index (κ3) is 4.15. The molecule has 3 heteroatoms. The van der Waals surface area contributed by atoms with Crippen molar-refractivity contribution >= 4 is 5.97 Å². The van der Waals surface area contributed by atoms with Crippen LogP contribution in [-0.4, -0.2) is 13.1 Å². The van der Waals surface area contributed by atoms with E-state index in [1.54, 1.807) is 0 Å². The van der Waals surface area contributed by atoms with Gasteiger partial charge in [-0.05, 0) is 29.9 Å². The highest BCUT2D eigenvalue weighted by Crippen LogP contribution is 2.22. The molecule has 100 valence electrons. The first kappa shape index (κ1) is 14.7. The van der Waals surface area contributed by atoms with Crippen LogP contribution in [0, 0.1) is 0 Å². The standard InChI is InChI=1S/C15H23NO2/c1-4-11(2)12-5-7-13(8-6-12)14(16)9-10-15(17)18-3/h5-8,11,14H,4,9-10,16H2,1-3H3. The van der Waals surface area contributed by atoms with Gasteiger partial charge in [0.1, 0.15) is 0 Å². The third-order valence-corrected chi connectivity index (χ3v) is 3.43. The minimum atomic E-state index is -0.207. The summed E-state index contributed by atoms with van der Waals surface area (Å²) in [7, 11) is 1.40. The fourth-order valence-electron chi connectivity index (χ4n) is 1.85. The van der Waals surface area contributed by atoms with Gasteiger partial charge in [0.2, 0.25) is 0 Å². The molecule has 3 nitrogen and oxygen atoms in total. The average molecular weight is 249 g/mol. The first-order chi connectivity index (χ1) is 8.58. The summed E-state index contributed by atoms with van der Waals surface area (Å²) in [6.07, 6.45) is 2.12. The molecule has 0 radical (unpaired) electrons. The lowest BCUT2D eigenvalue weighted by molar-refractivity contribution is -0.140. The summed E-state index contributed by atoms with van der Waals surface area (Å²) >= 11 is 0. The average Bonchev–Trinajstić information content (AvgIpc) is 2.43. The monoisotopic (exact) mass is 249 g/mol. The van der Waals surface area contributed by atoms with Gasteiger partial charge in [-0.3, -0.25) is 4.79 Å². The summed E-state index contributed by atoms with van der Waals surface area (Å²) in [5.74, 6) is 0.368. The molecule has 2 N–H and O–H groups in total. The van der Waals surface area contributed by atoms with Crippen LogP contribution in [0.15, 0.2) is 24.3 Å². The Hall–Kier alpha value is -1.35. The smallest absolute Gasteiger partial charge is 0.305 e. The van der Waals surface area contributed by atoms with E-state index in [2.05, 4.69) is 42.8 Å². The number of methoxy groups -OCH3 is 1. The number of rotatable bonds is 6. The third-order valence-electron chi connectivity index (χ3n) is 3.43. The summed E-state index contributed by atoms with van der Waals surface area (Å²) in [4.78, 5) is 11.1. The van der Waals surface area contributed by atoms with Crippen molar-refractivity contribution < 1.29 is 9.53 Å². The number of carbonyl (C=O) groups excluding carboxylic acids is 1. The molecule has 0 heterocycles. The van der Waals surface area contributed by atoms with Crippen LogP contribution in [0.5, 0.6) is 0 Å². The lowest BCUT2D eigenvalue weighted by Gasteiger charge is -2.14. The predicted octanol–water partition coefficient (Wildman–Crippen LogP) is 3.15. The van der Waals surface area contributed by atoms with E-state index in [0.717, 1.165) is 12.0 Å². The number of nitrogens with two attached hydrogens (primary N) is 1. The molecule has 0 saturated carbocycles.